The molecule has 1 N–H and O–H groups in total. The predicted molar refractivity (Wildman–Crippen MR) is 72.8 cm³/mol. The minimum Gasteiger partial charge on any atom is -0.382 e. The summed E-state index contributed by atoms with van der Waals surface area (Å²) >= 11 is 0. The van der Waals surface area contributed by atoms with E-state index in [-0.39, 0.29) is 0 Å². The Labute approximate surface area is 104 Å². The third-order valence-electron chi connectivity index (χ3n) is 3.53. The van der Waals surface area contributed by atoms with Crippen LogP contribution in [0.4, 0.5) is 0 Å². The molecule has 1 fully saturated rings. The summed E-state index contributed by atoms with van der Waals surface area (Å²) < 4.78 is 0. The van der Waals surface area contributed by atoms with E-state index in [2.05, 4.69) is 29.9 Å². The minimum atomic E-state index is 0.608. The SMILES string of the molecule is C=C(NC1CCCCC1)c1cc(C)cnc1C. The lowest BCUT2D eigenvalue weighted by Crippen LogP contribution is -2.29. The van der Waals surface area contributed by atoms with Crippen molar-refractivity contribution in [3.8, 4) is 0 Å². The first-order chi connectivity index (χ1) is 8.16. The van der Waals surface area contributed by atoms with Gasteiger partial charge in [0.15, 0.2) is 0 Å². The standard InChI is InChI=1S/C15H22N2/c1-11-9-15(12(2)16-10-11)13(3)17-14-7-5-4-6-8-14/h9-10,14,17H,3-8H2,1-2H3. The molecular formula is C15H22N2. The van der Waals surface area contributed by atoms with Gasteiger partial charge in [-0.25, -0.2) is 0 Å². The van der Waals surface area contributed by atoms with Gasteiger partial charge in [0.05, 0.1) is 0 Å². The van der Waals surface area contributed by atoms with Gasteiger partial charge in [-0.1, -0.05) is 25.8 Å². The molecule has 0 saturated heterocycles. The van der Waals surface area contributed by atoms with E-state index >= 15 is 0 Å². The van der Waals surface area contributed by atoms with Gasteiger partial charge in [0, 0.05) is 29.2 Å². The Morgan fingerprint density at radius 2 is 2.00 bits per heavy atom. The van der Waals surface area contributed by atoms with E-state index in [4.69, 9.17) is 0 Å². The summed E-state index contributed by atoms with van der Waals surface area (Å²) in [5, 5.41) is 3.57. The zero-order valence-electron chi connectivity index (χ0n) is 10.9. The molecule has 1 aromatic rings. The van der Waals surface area contributed by atoms with Crippen LogP contribution in [0.15, 0.2) is 18.8 Å². The van der Waals surface area contributed by atoms with Crippen LogP contribution < -0.4 is 5.32 Å². The molecule has 0 spiro atoms. The molecule has 0 unspecified atom stereocenters. The maximum Gasteiger partial charge on any atom is 0.0465 e. The van der Waals surface area contributed by atoms with Gasteiger partial charge in [0.25, 0.3) is 0 Å². The third-order valence-corrected chi connectivity index (χ3v) is 3.53. The van der Waals surface area contributed by atoms with Crippen LogP contribution in [-0.4, -0.2) is 11.0 Å². The molecule has 0 aliphatic heterocycles. The van der Waals surface area contributed by atoms with Crippen LogP contribution in [0.1, 0.15) is 48.9 Å². The molecule has 2 rings (SSSR count). The third kappa shape index (κ3) is 3.09. The van der Waals surface area contributed by atoms with E-state index in [0.29, 0.717) is 6.04 Å². The Balaban J connectivity index is 2.05. The number of nitrogens with zero attached hydrogens (tertiary/aromatic N) is 1. The average Bonchev–Trinajstić information content (AvgIpc) is 2.33. The lowest BCUT2D eigenvalue weighted by molar-refractivity contribution is 0.409. The Morgan fingerprint density at radius 1 is 1.29 bits per heavy atom. The molecule has 92 valence electrons. The van der Waals surface area contributed by atoms with Gasteiger partial charge >= 0.3 is 0 Å². The van der Waals surface area contributed by atoms with Crippen LogP contribution in [0.3, 0.4) is 0 Å². The molecule has 1 aliphatic carbocycles. The van der Waals surface area contributed by atoms with Crippen LogP contribution in [0.5, 0.6) is 0 Å². The number of pyridine rings is 1. The van der Waals surface area contributed by atoms with Gasteiger partial charge < -0.3 is 5.32 Å². The molecule has 0 bridgehead atoms. The van der Waals surface area contributed by atoms with Gasteiger partial charge in [-0.3, -0.25) is 4.98 Å². The van der Waals surface area contributed by atoms with Crippen molar-refractivity contribution >= 4 is 5.70 Å². The molecule has 1 heterocycles. The number of nitrogens with one attached hydrogen (secondary N) is 1. The Bertz CT molecular complexity index is 403. The Morgan fingerprint density at radius 3 is 2.71 bits per heavy atom. The van der Waals surface area contributed by atoms with Crippen molar-refractivity contribution in [1.29, 1.82) is 0 Å². The fourth-order valence-electron chi connectivity index (χ4n) is 2.51. The van der Waals surface area contributed by atoms with Crippen LogP contribution in [0.25, 0.3) is 5.70 Å². The largest absolute Gasteiger partial charge is 0.382 e. The summed E-state index contributed by atoms with van der Waals surface area (Å²) in [6.45, 7) is 8.29. The first kappa shape index (κ1) is 12.2. The highest BCUT2D eigenvalue weighted by atomic mass is 14.9. The van der Waals surface area contributed by atoms with E-state index in [1.165, 1.54) is 37.7 Å². The van der Waals surface area contributed by atoms with Crippen molar-refractivity contribution in [1.82, 2.24) is 10.3 Å². The quantitative estimate of drug-likeness (QED) is 0.858. The highest BCUT2D eigenvalue weighted by Crippen LogP contribution is 2.21. The number of aryl methyl sites for hydroxylation is 2. The van der Waals surface area contributed by atoms with Gasteiger partial charge in [-0.15, -0.1) is 0 Å². The number of aromatic nitrogens is 1. The first-order valence-electron chi connectivity index (χ1n) is 6.56. The van der Waals surface area contributed by atoms with Crippen molar-refractivity contribution in [3.05, 3.63) is 35.7 Å². The van der Waals surface area contributed by atoms with Crippen molar-refractivity contribution in [2.75, 3.05) is 0 Å². The normalized spacial score (nSPS) is 16.8. The Kier molecular flexibility index (Phi) is 3.82. The summed E-state index contributed by atoms with van der Waals surface area (Å²) in [5.41, 5.74) is 4.45. The molecule has 1 aromatic heterocycles. The van der Waals surface area contributed by atoms with Gasteiger partial charge in [0.2, 0.25) is 0 Å². The second kappa shape index (κ2) is 5.35. The average molecular weight is 230 g/mol. The van der Waals surface area contributed by atoms with E-state index < -0.39 is 0 Å². The zero-order valence-corrected chi connectivity index (χ0v) is 10.9. The molecule has 1 saturated carbocycles. The highest BCUT2D eigenvalue weighted by Gasteiger charge is 2.14. The van der Waals surface area contributed by atoms with E-state index in [0.717, 1.165) is 17.0 Å². The fraction of sp³-hybridized carbons (Fsp3) is 0.533. The molecule has 0 aromatic carbocycles. The maximum atomic E-state index is 4.39. The molecule has 0 atom stereocenters. The van der Waals surface area contributed by atoms with E-state index in [1.807, 2.05) is 13.1 Å². The van der Waals surface area contributed by atoms with E-state index in [1.54, 1.807) is 0 Å². The van der Waals surface area contributed by atoms with Crippen molar-refractivity contribution in [2.45, 2.75) is 52.0 Å². The van der Waals surface area contributed by atoms with Gasteiger partial charge in [-0.05, 0) is 38.3 Å². The van der Waals surface area contributed by atoms with Gasteiger partial charge in [0.1, 0.15) is 0 Å². The van der Waals surface area contributed by atoms with Crippen LogP contribution >= 0.6 is 0 Å². The zero-order chi connectivity index (χ0) is 12.3. The lowest BCUT2D eigenvalue weighted by atomic mass is 9.95. The van der Waals surface area contributed by atoms with Crippen LogP contribution in [-0.2, 0) is 0 Å². The summed E-state index contributed by atoms with van der Waals surface area (Å²) in [6, 6.07) is 2.77. The van der Waals surface area contributed by atoms with Gasteiger partial charge in [-0.2, -0.15) is 0 Å². The lowest BCUT2D eigenvalue weighted by Gasteiger charge is -2.25. The van der Waals surface area contributed by atoms with E-state index in [9.17, 15) is 0 Å². The molecular weight excluding hydrogens is 208 g/mol. The minimum absolute atomic E-state index is 0.608. The second-order valence-corrected chi connectivity index (χ2v) is 5.10. The van der Waals surface area contributed by atoms with Crippen LogP contribution in [0, 0.1) is 13.8 Å². The smallest absolute Gasteiger partial charge is 0.0465 e. The number of hydrogen-bond acceptors (Lipinski definition) is 2. The topological polar surface area (TPSA) is 24.9 Å². The maximum absolute atomic E-state index is 4.39. The second-order valence-electron chi connectivity index (χ2n) is 5.10. The molecule has 0 radical (unpaired) electrons. The Hall–Kier alpha value is -1.31. The van der Waals surface area contributed by atoms with Crippen molar-refractivity contribution < 1.29 is 0 Å². The molecule has 2 heteroatoms. The fourth-order valence-corrected chi connectivity index (χ4v) is 2.51. The van der Waals surface area contributed by atoms with Crippen molar-refractivity contribution in [2.24, 2.45) is 0 Å². The van der Waals surface area contributed by atoms with Crippen molar-refractivity contribution in [3.63, 3.8) is 0 Å². The summed E-state index contributed by atoms with van der Waals surface area (Å²) in [5.74, 6) is 0. The van der Waals surface area contributed by atoms with Crippen LogP contribution in [0.2, 0.25) is 0 Å². The summed E-state index contributed by atoms with van der Waals surface area (Å²) in [6.07, 6.45) is 8.53. The first-order valence-corrected chi connectivity index (χ1v) is 6.56. The molecule has 17 heavy (non-hydrogen) atoms. The molecule has 1 aliphatic rings. The number of hydrogen-bond donors (Lipinski definition) is 1. The number of rotatable bonds is 3. The predicted octanol–water partition coefficient (Wildman–Crippen LogP) is 3.59. The molecule has 2 nitrogen and oxygen atoms in total. The molecule has 0 amide bonds. The summed E-state index contributed by atoms with van der Waals surface area (Å²) in [7, 11) is 0. The summed E-state index contributed by atoms with van der Waals surface area (Å²) in [4.78, 5) is 4.39. The highest BCUT2D eigenvalue weighted by molar-refractivity contribution is 5.64. The monoisotopic (exact) mass is 230 g/mol.